The van der Waals surface area contributed by atoms with Crippen LogP contribution in [0.25, 0.3) is 0 Å². The first-order valence-corrected chi connectivity index (χ1v) is 7.84. The van der Waals surface area contributed by atoms with Crippen molar-refractivity contribution in [3.63, 3.8) is 0 Å². The van der Waals surface area contributed by atoms with E-state index in [1.54, 1.807) is 11.8 Å². The molecular formula is C13H19BrOS. The van der Waals surface area contributed by atoms with E-state index in [2.05, 4.69) is 48.2 Å². The van der Waals surface area contributed by atoms with Gasteiger partial charge < -0.3 is 4.74 Å². The summed E-state index contributed by atoms with van der Waals surface area (Å²) in [5.74, 6) is 2.18. The van der Waals surface area contributed by atoms with Crippen molar-refractivity contribution < 1.29 is 4.74 Å². The van der Waals surface area contributed by atoms with Gasteiger partial charge in [0.25, 0.3) is 0 Å². The predicted molar refractivity (Wildman–Crippen MR) is 75.8 cm³/mol. The molecule has 1 atom stereocenters. The second-order valence-corrected chi connectivity index (χ2v) is 5.67. The van der Waals surface area contributed by atoms with Gasteiger partial charge in [-0.2, -0.15) is 0 Å². The number of ether oxygens (including phenoxy) is 1. The lowest BCUT2D eigenvalue weighted by molar-refractivity contribution is 0.227. The maximum absolute atomic E-state index is 5.78. The third-order valence-corrected chi connectivity index (χ3v) is 4.24. The fourth-order valence-electron chi connectivity index (χ4n) is 1.29. The summed E-state index contributed by atoms with van der Waals surface area (Å²) in [7, 11) is 0. The second-order valence-electron chi connectivity index (χ2n) is 4.14. The molecule has 0 bridgehead atoms. The van der Waals surface area contributed by atoms with E-state index in [1.165, 1.54) is 4.90 Å². The lowest BCUT2D eigenvalue weighted by Gasteiger charge is -2.18. The van der Waals surface area contributed by atoms with Crippen LogP contribution < -0.4 is 4.74 Å². The number of hydrogen-bond acceptors (Lipinski definition) is 2. The fraction of sp³-hybridized carbons (Fsp3) is 0.538. The van der Waals surface area contributed by atoms with Crippen molar-refractivity contribution in [2.75, 3.05) is 18.2 Å². The van der Waals surface area contributed by atoms with Gasteiger partial charge in [0.2, 0.25) is 0 Å². The Morgan fingerprint density at radius 3 is 2.31 bits per heavy atom. The van der Waals surface area contributed by atoms with Crippen LogP contribution in [0.1, 0.15) is 13.8 Å². The summed E-state index contributed by atoms with van der Waals surface area (Å²) in [6.45, 7) is 5.24. The van der Waals surface area contributed by atoms with E-state index >= 15 is 0 Å². The summed E-state index contributed by atoms with van der Waals surface area (Å²) in [4.78, 5) is 1.27. The highest BCUT2D eigenvalue weighted by Crippen LogP contribution is 2.21. The molecule has 0 fully saturated rings. The number of rotatable bonds is 6. The Morgan fingerprint density at radius 1 is 1.25 bits per heavy atom. The van der Waals surface area contributed by atoms with Gasteiger partial charge >= 0.3 is 0 Å². The lowest BCUT2D eigenvalue weighted by atomic mass is 9.99. The van der Waals surface area contributed by atoms with Crippen LogP contribution in [-0.4, -0.2) is 18.2 Å². The van der Waals surface area contributed by atoms with Crippen LogP contribution in [-0.2, 0) is 0 Å². The normalized spacial score (nSPS) is 12.8. The highest BCUT2D eigenvalue weighted by molar-refractivity contribution is 9.09. The minimum atomic E-state index is 0.570. The third-order valence-electron chi connectivity index (χ3n) is 2.66. The van der Waals surface area contributed by atoms with Gasteiger partial charge in [0.15, 0.2) is 0 Å². The summed E-state index contributed by atoms with van der Waals surface area (Å²) in [6.07, 6.45) is 2.08. The van der Waals surface area contributed by atoms with E-state index in [1.807, 2.05) is 12.1 Å². The average Bonchev–Trinajstić information content (AvgIpc) is 2.30. The highest BCUT2D eigenvalue weighted by atomic mass is 79.9. The van der Waals surface area contributed by atoms with E-state index < -0.39 is 0 Å². The van der Waals surface area contributed by atoms with Crippen molar-refractivity contribution in [1.82, 2.24) is 0 Å². The molecule has 1 rings (SSSR count). The van der Waals surface area contributed by atoms with Gasteiger partial charge in [-0.1, -0.05) is 29.8 Å². The standard InChI is InChI=1S/C13H19BrOS/c1-10(2)11(8-14)9-15-12-4-6-13(16-3)7-5-12/h4-7,10-11H,8-9H2,1-3H3. The van der Waals surface area contributed by atoms with Crippen LogP contribution in [0.3, 0.4) is 0 Å². The van der Waals surface area contributed by atoms with Gasteiger partial charge in [0.05, 0.1) is 6.61 Å². The highest BCUT2D eigenvalue weighted by Gasteiger charge is 2.12. The minimum absolute atomic E-state index is 0.570. The van der Waals surface area contributed by atoms with Crippen molar-refractivity contribution in [2.45, 2.75) is 18.7 Å². The lowest BCUT2D eigenvalue weighted by Crippen LogP contribution is -2.19. The molecule has 0 aliphatic carbocycles. The van der Waals surface area contributed by atoms with Crippen molar-refractivity contribution in [3.8, 4) is 5.75 Å². The number of alkyl halides is 1. The summed E-state index contributed by atoms with van der Waals surface area (Å²) < 4.78 is 5.78. The molecule has 0 saturated carbocycles. The summed E-state index contributed by atoms with van der Waals surface area (Å²) >= 11 is 5.28. The molecule has 0 aliphatic heterocycles. The molecule has 1 unspecified atom stereocenters. The summed E-state index contributed by atoms with van der Waals surface area (Å²) in [6, 6.07) is 8.27. The smallest absolute Gasteiger partial charge is 0.119 e. The van der Waals surface area contributed by atoms with Crippen molar-refractivity contribution in [1.29, 1.82) is 0 Å². The Labute approximate surface area is 111 Å². The first-order chi connectivity index (χ1) is 7.67. The molecule has 0 radical (unpaired) electrons. The molecule has 1 nitrogen and oxygen atoms in total. The first-order valence-electron chi connectivity index (χ1n) is 5.50. The van der Waals surface area contributed by atoms with E-state index in [4.69, 9.17) is 4.74 Å². The van der Waals surface area contributed by atoms with E-state index in [0.29, 0.717) is 11.8 Å². The molecule has 0 heterocycles. The Kier molecular flexibility index (Phi) is 6.29. The third kappa shape index (κ3) is 4.38. The Bertz CT molecular complexity index is 297. The molecule has 0 aliphatic rings. The average molecular weight is 303 g/mol. The monoisotopic (exact) mass is 302 g/mol. The predicted octanol–water partition coefficient (Wildman–Crippen LogP) is 4.45. The molecule has 0 amide bonds. The number of hydrogen-bond donors (Lipinski definition) is 0. The zero-order valence-electron chi connectivity index (χ0n) is 10.1. The number of benzene rings is 1. The SMILES string of the molecule is CSc1ccc(OCC(CBr)C(C)C)cc1. The van der Waals surface area contributed by atoms with Crippen molar-refractivity contribution >= 4 is 27.7 Å². The van der Waals surface area contributed by atoms with Crippen LogP contribution in [0.15, 0.2) is 29.2 Å². The van der Waals surface area contributed by atoms with Gasteiger partial charge in [-0.25, -0.2) is 0 Å². The summed E-state index contributed by atoms with van der Waals surface area (Å²) in [5, 5.41) is 0.994. The van der Waals surface area contributed by atoms with Gasteiger partial charge in [-0.3, -0.25) is 0 Å². The largest absolute Gasteiger partial charge is 0.493 e. The molecule has 16 heavy (non-hydrogen) atoms. The fourth-order valence-corrected chi connectivity index (χ4v) is 2.63. The van der Waals surface area contributed by atoms with Crippen LogP contribution in [0.4, 0.5) is 0 Å². The topological polar surface area (TPSA) is 9.23 Å². The maximum atomic E-state index is 5.78. The van der Waals surface area contributed by atoms with E-state index in [0.717, 1.165) is 17.7 Å². The molecule has 0 saturated heterocycles. The molecular weight excluding hydrogens is 284 g/mol. The number of thioether (sulfide) groups is 1. The van der Waals surface area contributed by atoms with Crippen molar-refractivity contribution in [3.05, 3.63) is 24.3 Å². The molecule has 0 spiro atoms. The second kappa shape index (κ2) is 7.23. The quantitative estimate of drug-likeness (QED) is 0.567. The Morgan fingerprint density at radius 2 is 1.88 bits per heavy atom. The van der Waals surface area contributed by atoms with Gasteiger partial charge in [-0.05, 0) is 36.4 Å². The first kappa shape index (κ1) is 13.9. The van der Waals surface area contributed by atoms with Crippen molar-refractivity contribution in [2.24, 2.45) is 11.8 Å². The molecule has 3 heteroatoms. The summed E-state index contributed by atoms with van der Waals surface area (Å²) in [5.41, 5.74) is 0. The van der Waals surface area contributed by atoms with Crippen LogP contribution in [0, 0.1) is 11.8 Å². The van der Waals surface area contributed by atoms with Crippen LogP contribution in [0.2, 0.25) is 0 Å². The van der Waals surface area contributed by atoms with Gasteiger partial charge in [0.1, 0.15) is 5.75 Å². The molecule has 1 aromatic rings. The molecule has 1 aromatic carbocycles. The van der Waals surface area contributed by atoms with Crippen LogP contribution >= 0.6 is 27.7 Å². The zero-order valence-corrected chi connectivity index (χ0v) is 12.5. The van der Waals surface area contributed by atoms with Gasteiger partial charge in [0, 0.05) is 16.1 Å². The van der Waals surface area contributed by atoms with Gasteiger partial charge in [-0.15, -0.1) is 11.8 Å². The Balaban J connectivity index is 2.47. The van der Waals surface area contributed by atoms with Crippen LogP contribution in [0.5, 0.6) is 5.75 Å². The molecule has 0 aromatic heterocycles. The zero-order chi connectivity index (χ0) is 12.0. The molecule has 0 N–H and O–H groups in total. The molecule has 90 valence electrons. The van der Waals surface area contributed by atoms with E-state index in [9.17, 15) is 0 Å². The maximum Gasteiger partial charge on any atom is 0.119 e. The number of halogens is 1. The minimum Gasteiger partial charge on any atom is -0.493 e. The Hall–Kier alpha value is -0.150. The van der Waals surface area contributed by atoms with E-state index in [-0.39, 0.29) is 0 Å².